The fraction of sp³-hybridized carbons (Fsp3) is 0.240. The lowest BCUT2D eigenvalue weighted by Gasteiger charge is -2.31. The molecule has 5 heteroatoms. The Morgan fingerprint density at radius 3 is 2.17 bits per heavy atom. The Kier molecular flexibility index (Phi) is 7.89. The second-order valence-electron chi connectivity index (χ2n) is 7.40. The first-order chi connectivity index (χ1) is 14.3. The second-order valence-corrected chi connectivity index (χ2v) is 7.40. The molecule has 30 heavy (non-hydrogen) atoms. The van der Waals surface area contributed by atoms with Crippen LogP contribution in [-0.2, 0) is 11.3 Å². The smallest absolute Gasteiger partial charge is 0.411 e. The van der Waals surface area contributed by atoms with Gasteiger partial charge in [0, 0.05) is 25.2 Å². The number of halogens is 1. The molecule has 0 radical (unpaired) electrons. The summed E-state index contributed by atoms with van der Waals surface area (Å²) in [4.78, 5) is 14.9. The summed E-state index contributed by atoms with van der Waals surface area (Å²) in [5, 5.41) is 2.93. The van der Waals surface area contributed by atoms with Gasteiger partial charge in [-0.1, -0.05) is 78.9 Å². The van der Waals surface area contributed by atoms with E-state index in [0.717, 1.165) is 49.3 Å². The summed E-state index contributed by atoms with van der Waals surface area (Å²) in [6.45, 7) is 2.82. The largest absolute Gasteiger partial charge is 0.446 e. The van der Waals surface area contributed by atoms with Crippen LogP contribution < -0.4 is 5.32 Å². The molecule has 1 fully saturated rings. The molecule has 0 aliphatic carbocycles. The quantitative estimate of drug-likeness (QED) is 0.549. The maximum atomic E-state index is 12.5. The van der Waals surface area contributed by atoms with E-state index in [1.165, 1.54) is 5.56 Å². The van der Waals surface area contributed by atoms with Crippen molar-refractivity contribution in [2.75, 3.05) is 18.4 Å². The first kappa shape index (κ1) is 21.9. The zero-order chi connectivity index (χ0) is 19.9. The number of nitrogens with one attached hydrogen (secondary N) is 1. The predicted molar refractivity (Wildman–Crippen MR) is 124 cm³/mol. The number of ether oxygens (including phenoxy) is 1. The summed E-state index contributed by atoms with van der Waals surface area (Å²) >= 11 is 0. The first-order valence-electron chi connectivity index (χ1n) is 10.2. The Hall–Kier alpha value is -2.82. The first-order valence-corrected chi connectivity index (χ1v) is 10.2. The molecule has 4 rings (SSSR count). The summed E-state index contributed by atoms with van der Waals surface area (Å²) in [6.07, 6.45) is 1.31. The highest BCUT2D eigenvalue weighted by molar-refractivity contribution is 5.91. The molecule has 1 aliphatic heterocycles. The number of para-hydroxylation sites is 1. The minimum Gasteiger partial charge on any atom is -0.446 e. The molecule has 0 atom stereocenters. The van der Waals surface area contributed by atoms with Gasteiger partial charge in [-0.15, -0.1) is 12.4 Å². The van der Waals surface area contributed by atoms with Crippen LogP contribution >= 0.6 is 12.4 Å². The summed E-state index contributed by atoms with van der Waals surface area (Å²) in [7, 11) is 0. The van der Waals surface area contributed by atoms with E-state index in [1.807, 2.05) is 60.7 Å². The third-order valence-electron chi connectivity index (χ3n) is 5.31. The van der Waals surface area contributed by atoms with Crippen molar-refractivity contribution in [3.63, 3.8) is 0 Å². The van der Waals surface area contributed by atoms with E-state index in [4.69, 9.17) is 4.74 Å². The third-order valence-corrected chi connectivity index (χ3v) is 5.31. The van der Waals surface area contributed by atoms with E-state index in [2.05, 4.69) is 34.5 Å². The predicted octanol–water partition coefficient (Wildman–Crippen LogP) is 5.99. The number of hydrogen-bond donors (Lipinski definition) is 1. The molecule has 1 saturated heterocycles. The van der Waals surface area contributed by atoms with Gasteiger partial charge >= 0.3 is 6.09 Å². The average Bonchev–Trinajstić information content (AvgIpc) is 2.77. The van der Waals surface area contributed by atoms with Crippen LogP contribution in [0.4, 0.5) is 10.5 Å². The van der Waals surface area contributed by atoms with Gasteiger partial charge in [-0.25, -0.2) is 4.79 Å². The van der Waals surface area contributed by atoms with Crippen molar-refractivity contribution in [2.24, 2.45) is 0 Å². The lowest BCUT2D eigenvalue weighted by molar-refractivity contribution is 0.0567. The van der Waals surface area contributed by atoms with Crippen LogP contribution in [0.5, 0.6) is 0 Å². The Labute approximate surface area is 184 Å². The van der Waals surface area contributed by atoms with Gasteiger partial charge < -0.3 is 4.74 Å². The van der Waals surface area contributed by atoms with E-state index < -0.39 is 0 Å². The summed E-state index contributed by atoms with van der Waals surface area (Å²) in [5.41, 5.74) is 4.15. The van der Waals surface area contributed by atoms with E-state index >= 15 is 0 Å². The summed E-state index contributed by atoms with van der Waals surface area (Å²) < 4.78 is 5.71. The van der Waals surface area contributed by atoms with Crippen molar-refractivity contribution in [2.45, 2.75) is 25.5 Å². The molecule has 1 N–H and O–H groups in total. The van der Waals surface area contributed by atoms with Crippen molar-refractivity contribution in [3.05, 3.63) is 90.5 Å². The van der Waals surface area contributed by atoms with Gasteiger partial charge in [0.15, 0.2) is 0 Å². The maximum Gasteiger partial charge on any atom is 0.411 e. The minimum absolute atomic E-state index is 0. The zero-order valence-corrected chi connectivity index (χ0v) is 17.7. The van der Waals surface area contributed by atoms with Gasteiger partial charge in [0.1, 0.15) is 6.10 Å². The van der Waals surface area contributed by atoms with Crippen LogP contribution in [0.15, 0.2) is 84.9 Å². The number of rotatable bonds is 5. The van der Waals surface area contributed by atoms with Gasteiger partial charge in [0.2, 0.25) is 0 Å². The second kappa shape index (κ2) is 10.8. The Morgan fingerprint density at radius 2 is 1.47 bits per heavy atom. The van der Waals surface area contributed by atoms with E-state index in [1.54, 1.807) is 0 Å². The minimum atomic E-state index is -0.380. The van der Waals surface area contributed by atoms with Gasteiger partial charge in [0.05, 0.1) is 5.69 Å². The number of amides is 1. The number of benzene rings is 3. The van der Waals surface area contributed by atoms with Crippen molar-refractivity contribution < 1.29 is 9.53 Å². The van der Waals surface area contributed by atoms with Crippen LogP contribution in [0.3, 0.4) is 0 Å². The van der Waals surface area contributed by atoms with E-state index in [-0.39, 0.29) is 24.6 Å². The van der Waals surface area contributed by atoms with Gasteiger partial charge in [-0.05, 0) is 30.0 Å². The molecule has 1 amide bonds. The van der Waals surface area contributed by atoms with Gasteiger partial charge in [-0.3, -0.25) is 10.2 Å². The number of carbonyl (C=O) groups is 1. The number of piperidine rings is 1. The SMILES string of the molecule is Cl.O=C(Nc1ccccc1-c1ccccc1)OC1CCN(Cc2ccccc2)CC1. The number of anilines is 1. The number of likely N-dealkylation sites (tertiary alicyclic amines) is 1. The normalized spacial score (nSPS) is 14.5. The Morgan fingerprint density at radius 1 is 0.867 bits per heavy atom. The fourth-order valence-corrected chi connectivity index (χ4v) is 3.78. The van der Waals surface area contributed by atoms with Crippen LogP contribution in [0, 0.1) is 0 Å². The van der Waals surface area contributed by atoms with Crippen molar-refractivity contribution in [3.8, 4) is 11.1 Å². The van der Waals surface area contributed by atoms with Crippen LogP contribution in [0.1, 0.15) is 18.4 Å². The summed E-state index contributed by atoms with van der Waals surface area (Å²) in [6, 6.07) is 28.3. The van der Waals surface area contributed by atoms with Crippen LogP contribution in [-0.4, -0.2) is 30.2 Å². The molecule has 0 spiro atoms. The monoisotopic (exact) mass is 422 g/mol. The molecule has 0 bridgehead atoms. The molecule has 3 aromatic carbocycles. The Balaban J connectivity index is 0.00000256. The highest BCUT2D eigenvalue weighted by atomic mass is 35.5. The van der Waals surface area contributed by atoms with Crippen molar-refractivity contribution in [1.82, 2.24) is 4.90 Å². The molecular weight excluding hydrogens is 396 g/mol. The molecule has 1 heterocycles. The molecule has 1 aliphatic rings. The lowest BCUT2D eigenvalue weighted by atomic mass is 10.0. The molecule has 0 saturated carbocycles. The van der Waals surface area contributed by atoms with E-state index in [0.29, 0.717) is 0 Å². The molecule has 4 nitrogen and oxygen atoms in total. The molecular formula is C25H27ClN2O2. The van der Waals surface area contributed by atoms with Crippen LogP contribution in [0.25, 0.3) is 11.1 Å². The molecule has 0 aromatic heterocycles. The fourth-order valence-electron chi connectivity index (χ4n) is 3.78. The molecule has 0 unspecified atom stereocenters. The average molecular weight is 423 g/mol. The van der Waals surface area contributed by atoms with Crippen LogP contribution in [0.2, 0.25) is 0 Å². The van der Waals surface area contributed by atoms with E-state index in [9.17, 15) is 4.79 Å². The van der Waals surface area contributed by atoms with Crippen molar-refractivity contribution in [1.29, 1.82) is 0 Å². The zero-order valence-electron chi connectivity index (χ0n) is 16.9. The number of carbonyl (C=O) groups excluding carboxylic acids is 1. The Bertz CT molecular complexity index is 926. The number of hydrogen-bond acceptors (Lipinski definition) is 3. The number of nitrogens with zero attached hydrogens (tertiary/aromatic N) is 1. The highest BCUT2D eigenvalue weighted by Crippen LogP contribution is 2.28. The topological polar surface area (TPSA) is 41.6 Å². The molecule has 156 valence electrons. The lowest BCUT2D eigenvalue weighted by Crippen LogP contribution is -2.38. The maximum absolute atomic E-state index is 12.5. The standard InChI is InChI=1S/C25H26N2O2.ClH/c28-25(26-24-14-8-7-13-23(24)21-11-5-2-6-12-21)29-22-15-17-27(18-16-22)19-20-9-3-1-4-10-20;/h1-14,22H,15-19H2,(H,26,28);1H. The summed E-state index contributed by atoms with van der Waals surface area (Å²) in [5.74, 6) is 0. The van der Waals surface area contributed by atoms with Gasteiger partial charge in [-0.2, -0.15) is 0 Å². The van der Waals surface area contributed by atoms with Gasteiger partial charge in [0.25, 0.3) is 0 Å². The highest BCUT2D eigenvalue weighted by Gasteiger charge is 2.22. The van der Waals surface area contributed by atoms with Crippen molar-refractivity contribution >= 4 is 24.2 Å². The third kappa shape index (κ3) is 5.85. The molecule has 3 aromatic rings.